The lowest BCUT2D eigenvalue weighted by atomic mass is 10.1. The van der Waals surface area contributed by atoms with Crippen LogP contribution in [-0.2, 0) is 12.6 Å². The van der Waals surface area contributed by atoms with Crippen molar-refractivity contribution < 1.29 is 13.2 Å². The summed E-state index contributed by atoms with van der Waals surface area (Å²) in [6.45, 7) is 8.80. The molecular formula is C15H23F3N2. The highest BCUT2D eigenvalue weighted by molar-refractivity contribution is 5.24. The molecule has 2 nitrogen and oxygen atoms in total. The first kappa shape index (κ1) is 17.0. The van der Waals surface area contributed by atoms with Crippen molar-refractivity contribution in [1.29, 1.82) is 0 Å². The maximum absolute atomic E-state index is 12.4. The SMILES string of the molecule is CC(C)(C)NCCNCCc1ccc(C(F)(F)F)cc1. The Morgan fingerprint density at radius 3 is 2.00 bits per heavy atom. The van der Waals surface area contributed by atoms with E-state index in [9.17, 15) is 13.2 Å². The van der Waals surface area contributed by atoms with Crippen LogP contribution in [0.1, 0.15) is 31.9 Å². The van der Waals surface area contributed by atoms with Gasteiger partial charge in [-0.1, -0.05) is 12.1 Å². The van der Waals surface area contributed by atoms with Crippen molar-refractivity contribution in [3.05, 3.63) is 35.4 Å². The Hall–Kier alpha value is -1.07. The maximum Gasteiger partial charge on any atom is 0.416 e. The van der Waals surface area contributed by atoms with Crippen molar-refractivity contribution in [3.63, 3.8) is 0 Å². The fourth-order valence-electron chi connectivity index (χ4n) is 1.74. The van der Waals surface area contributed by atoms with E-state index in [1.807, 2.05) is 0 Å². The van der Waals surface area contributed by atoms with Gasteiger partial charge >= 0.3 is 6.18 Å². The van der Waals surface area contributed by atoms with Crippen molar-refractivity contribution in [2.24, 2.45) is 0 Å². The number of halogens is 3. The third-order valence-electron chi connectivity index (χ3n) is 2.83. The second kappa shape index (κ2) is 7.09. The summed E-state index contributed by atoms with van der Waals surface area (Å²) < 4.78 is 37.2. The van der Waals surface area contributed by atoms with Gasteiger partial charge in [-0.15, -0.1) is 0 Å². The smallest absolute Gasteiger partial charge is 0.315 e. The molecule has 2 N–H and O–H groups in total. The zero-order valence-electron chi connectivity index (χ0n) is 12.3. The van der Waals surface area contributed by atoms with Gasteiger partial charge in [0.25, 0.3) is 0 Å². The summed E-state index contributed by atoms with van der Waals surface area (Å²) in [4.78, 5) is 0. The number of alkyl halides is 3. The molecule has 0 bridgehead atoms. The Morgan fingerprint density at radius 2 is 1.50 bits per heavy atom. The Kier molecular flexibility index (Phi) is 6.02. The molecule has 0 fully saturated rings. The van der Waals surface area contributed by atoms with Gasteiger partial charge in [0.2, 0.25) is 0 Å². The standard InChI is InChI=1S/C15H23F3N2/c1-14(2,3)20-11-10-19-9-8-12-4-6-13(7-5-12)15(16,17)18/h4-7,19-20H,8-11H2,1-3H3. The van der Waals surface area contributed by atoms with Crippen LogP contribution in [0.3, 0.4) is 0 Å². The number of rotatable bonds is 6. The van der Waals surface area contributed by atoms with Crippen LogP contribution in [-0.4, -0.2) is 25.2 Å². The minimum absolute atomic E-state index is 0.106. The first-order valence-electron chi connectivity index (χ1n) is 6.80. The second-order valence-electron chi connectivity index (χ2n) is 5.87. The highest BCUT2D eigenvalue weighted by atomic mass is 19.4. The van der Waals surface area contributed by atoms with Gasteiger partial charge < -0.3 is 10.6 Å². The summed E-state index contributed by atoms with van der Waals surface area (Å²) in [5.74, 6) is 0. The van der Waals surface area contributed by atoms with E-state index in [0.717, 1.165) is 43.8 Å². The Bertz CT molecular complexity index is 391. The Balaban J connectivity index is 2.23. The molecule has 20 heavy (non-hydrogen) atoms. The first-order chi connectivity index (χ1) is 9.18. The molecule has 0 amide bonds. The zero-order chi connectivity index (χ0) is 15.2. The summed E-state index contributed by atoms with van der Waals surface area (Å²) in [5.41, 5.74) is 0.424. The van der Waals surface area contributed by atoms with Gasteiger partial charge in [-0.3, -0.25) is 0 Å². The maximum atomic E-state index is 12.4. The van der Waals surface area contributed by atoms with Crippen LogP contribution in [0.4, 0.5) is 13.2 Å². The van der Waals surface area contributed by atoms with Crippen molar-refractivity contribution in [1.82, 2.24) is 10.6 Å². The van der Waals surface area contributed by atoms with Crippen LogP contribution in [0.2, 0.25) is 0 Å². The molecule has 0 spiro atoms. The average molecular weight is 288 g/mol. The lowest BCUT2D eigenvalue weighted by Crippen LogP contribution is -2.40. The molecule has 1 aromatic carbocycles. The van der Waals surface area contributed by atoms with Crippen molar-refractivity contribution >= 4 is 0 Å². The van der Waals surface area contributed by atoms with E-state index in [1.165, 1.54) is 12.1 Å². The molecule has 0 heterocycles. The number of hydrogen-bond donors (Lipinski definition) is 2. The van der Waals surface area contributed by atoms with E-state index in [1.54, 1.807) is 0 Å². The summed E-state index contributed by atoms with van der Waals surface area (Å²) in [6, 6.07) is 5.35. The van der Waals surface area contributed by atoms with Crippen LogP contribution in [0.5, 0.6) is 0 Å². The van der Waals surface area contributed by atoms with Gasteiger partial charge in [-0.2, -0.15) is 13.2 Å². The van der Waals surface area contributed by atoms with E-state index >= 15 is 0 Å². The van der Waals surface area contributed by atoms with Gasteiger partial charge in [-0.25, -0.2) is 0 Å². The number of hydrogen-bond acceptors (Lipinski definition) is 2. The quantitative estimate of drug-likeness (QED) is 0.785. The molecule has 0 aliphatic rings. The van der Waals surface area contributed by atoms with E-state index in [4.69, 9.17) is 0 Å². The van der Waals surface area contributed by atoms with Crippen LogP contribution in [0.25, 0.3) is 0 Å². The second-order valence-corrected chi connectivity index (χ2v) is 5.87. The molecule has 1 rings (SSSR count). The van der Waals surface area contributed by atoms with Crippen LogP contribution in [0.15, 0.2) is 24.3 Å². The molecule has 0 aromatic heterocycles. The van der Waals surface area contributed by atoms with E-state index in [2.05, 4.69) is 31.4 Å². The minimum atomic E-state index is -4.25. The van der Waals surface area contributed by atoms with E-state index in [0.29, 0.717) is 0 Å². The summed E-state index contributed by atoms with van der Waals surface area (Å²) in [6.07, 6.45) is -3.52. The topological polar surface area (TPSA) is 24.1 Å². The molecule has 0 aliphatic heterocycles. The van der Waals surface area contributed by atoms with Gasteiger partial charge in [0.15, 0.2) is 0 Å². The number of benzene rings is 1. The minimum Gasteiger partial charge on any atom is -0.315 e. The first-order valence-corrected chi connectivity index (χ1v) is 6.80. The molecule has 5 heteroatoms. The molecular weight excluding hydrogens is 265 g/mol. The van der Waals surface area contributed by atoms with Crippen LogP contribution >= 0.6 is 0 Å². The summed E-state index contributed by atoms with van der Waals surface area (Å²) in [5, 5.41) is 6.62. The Labute approximate surface area is 118 Å². The van der Waals surface area contributed by atoms with Gasteiger partial charge in [0.1, 0.15) is 0 Å². The fraction of sp³-hybridized carbons (Fsp3) is 0.600. The lowest BCUT2D eigenvalue weighted by molar-refractivity contribution is -0.137. The van der Waals surface area contributed by atoms with Crippen molar-refractivity contribution in [2.75, 3.05) is 19.6 Å². The normalized spacial score (nSPS) is 12.7. The number of nitrogens with one attached hydrogen (secondary N) is 2. The zero-order valence-corrected chi connectivity index (χ0v) is 12.3. The van der Waals surface area contributed by atoms with E-state index in [-0.39, 0.29) is 5.54 Å². The molecule has 0 radical (unpaired) electrons. The fourth-order valence-corrected chi connectivity index (χ4v) is 1.74. The van der Waals surface area contributed by atoms with Crippen molar-refractivity contribution in [2.45, 2.75) is 38.9 Å². The molecule has 0 atom stereocenters. The molecule has 0 aliphatic carbocycles. The van der Waals surface area contributed by atoms with Crippen molar-refractivity contribution in [3.8, 4) is 0 Å². The highest BCUT2D eigenvalue weighted by Crippen LogP contribution is 2.29. The predicted octanol–water partition coefficient (Wildman–Crippen LogP) is 3.23. The predicted molar refractivity (Wildman–Crippen MR) is 75.8 cm³/mol. The van der Waals surface area contributed by atoms with Gasteiger partial charge in [0, 0.05) is 18.6 Å². The largest absolute Gasteiger partial charge is 0.416 e. The van der Waals surface area contributed by atoms with Gasteiger partial charge in [-0.05, 0) is 51.4 Å². The molecule has 114 valence electrons. The van der Waals surface area contributed by atoms with E-state index < -0.39 is 11.7 Å². The average Bonchev–Trinajstić information content (AvgIpc) is 2.32. The monoisotopic (exact) mass is 288 g/mol. The summed E-state index contributed by atoms with van der Waals surface area (Å²) in [7, 11) is 0. The molecule has 0 unspecified atom stereocenters. The summed E-state index contributed by atoms with van der Waals surface area (Å²) >= 11 is 0. The van der Waals surface area contributed by atoms with Crippen LogP contribution < -0.4 is 10.6 Å². The lowest BCUT2D eigenvalue weighted by Gasteiger charge is -2.20. The molecule has 0 saturated heterocycles. The third-order valence-corrected chi connectivity index (χ3v) is 2.83. The highest BCUT2D eigenvalue weighted by Gasteiger charge is 2.29. The third kappa shape index (κ3) is 6.91. The molecule has 0 saturated carbocycles. The van der Waals surface area contributed by atoms with Gasteiger partial charge in [0.05, 0.1) is 5.56 Å². The van der Waals surface area contributed by atoms with Crippen LogP contribution in [0, 0.1) is 0 Å². The Morgan fingerprint density at radius 1 is 0.900 bits per heavy atom. The molecule has 1 aromatic rings.